The second-order valence-corrected chi connectivity index (χ2v) is 8.63. The van der Waals surface area contributed by atoms with Crippen molar-refractivity contribution in [1.82, 2.24) is 15.3 Å². The van der Waals surface area contributed by atoms with E-state index in [0.717, 1.165) is 35.9 Å². The number of anilines is 2. The third kappa shape index (κ3) is 4.67. The van der Waals surface area contributed by atoms with Gasteiger partial charge in [0, 0.05) is 43.2 Å². The third-order valence-corrected chi connectivity index (χ3v) is 6.22. The molecule has 2 heterocycles. The van der Waals surface area contributed by atoms with Crippen LogP contribution in [0.25, 0.3) is 11.4 Å². The quantitative estimate of drug-likeness (QED) is 0.637. The molecule has 1 aromatic heterocycles. The number of thioether (sulfide) groups is 1. The predicted octanol–water partition coefficient (Wildman–Crippen LogP) is 2.31. The van der Waals surface area contributed by atoms with Crippen LogP contribution in [-0.4, -0.2) is 61.4 Å². The number of hydrogen-bond acceptors (Lipinski definition) is 7. The number of benzene rings is 1. The van der Waals surface area contributed by atoms with Crippen LogP contribution in [0, 0.1) is 5.41 Å². The fraction of sp³-hybridized carbons (Fsp3) is 0.455. The number of carbonyl (C=O) groups excluding carboxylic acids is 2. The Morgan fingerprint density at radius 3 is 2.45 bits per heavy atom. The Bertz CT molecular complexity index is 956. The smallest absolute Gasteiger partial charge is 0.240 e. The minimum atomic E-state index is -0.921. The Hall–Kier alpha value is -2.65. The van der Waals surface area contributed by atoms with Crippen molar-refractivity contribution in [2.45, 2.75) is 18.6 Å². The summed E-state index contributed by atoms with van der Waals surface area (Å²) < 4.78 is 5.46. The molecule has 2 aliphatic rings. The van der Waals surface area contributed by atoms with Gasteiger partial charge in [0.1, 0.15) is 11.2 Å². The van der Waals surface area contributed by atoms with E-state index in [1.807, 2.05) is 30.3 Å². The molecule has 164 valence electrons. The van der Waals surface area contributed by atoms with Gasteiger partial charge in [0.25, 0.3) is 0 Å². The van der Waals surface area contributed by atoms with E-state index in [2.05, 4.69) is 21.8 Å². The van der Waals surface area contributed by atoms with Gasteiger partial charge in [-0.1, -0.05) is 0 Å². The highest BCUT2D eigenvalue weighted by molar-refractivity contribution is 7.97. The van der Waals surface area contributed by atoms with Gasteiger partial charge in [0.15, 0.2) is 5.82 Å². The molecule has 31 heavy (non-hydrogen) atoms. The summed E-state index contributed by atoms with van der Waals surface area (Å²) in [5.74, 6) is 1.90. The number of nitrogens with zero attached hydrogens (tertiary/aromatic N) is 3. The SMILES string of the molecule is CNC(=O)C1(C(=O)Nc2ccc(-c3nc(CSC)cc(N4CCOCC4)n3)cc2)CC1. The topological polar surface area (TPSA) is 96.5 Å². The molecule has 1 aromatic carbocycles. The van der Waals surface area contributed by atoms with Crippen molar-refractivity contribution < 1.29 is 14.3 Å². The summed E-state index contributed by atoms with van der Waals surface area (Å²) >= 11 is 1.72. The molecule has 0 bridgehead atoms. The summed E-state index contributed by atoms with van der Waals surface area (Å²) in [5, 5.41) is 5.45. The van der Waals surface area contributed by atoms with Crippen LogP contribution in [0.2, 0.25) is 0 Å². The molecule has 2 N–H and O–H groups in total. The molecular formula is C22H27N5O3S. The van der Waals surface area contributed by atoms with Crippen LogP contribution in [0.5, 0.6) is 0 Å². The van der Waals surface area contributed by atoms with Crippen LogP contribution in [0.15, 0.2) is 30.3 Å². The lowest BCUT2D eigenvalue weighted by molar-refractivity contribution is -0.134. The molecule has 1 aliphatic carbocycles. The van der Waals surface area contributed by atoms with Crippen LogP contribution < -0.4 is 15.5 Å². The summed E-state index contributed by atoms with van der Waals surface area (Å²) in [6.45, 7) is 3.02. The number of amides is 2. The van der Waals surface area contributed by atoms with E-state index in [-0.39, 0.29) is 11.8 Å². The fourth-order valence-electron chi connectivity index (χ4n) is 3.66. The molecule has 4 rings (SSSR count). The monoisotopic (exact) mass is 441 g/mol. The highest BCUT2D eigenvalue weighted by atomic mass is 32.2. The van der Waals surface area contributed by atoms with Crippen molar-refractivity contribution in [3.05, 3.63) is 36.0 Å². The predicted molar refractivity (Wildman–Crippen MR) is 122 cm³/mol. The van der Waals surface area contributed by atoms with Crippen molar-refractivity contribution in [2.75, 3.05) is 49.8 Å². The van der Waals surface area contributed by atoms with Gasteiger partial charge < -0.3 is 20.3 Å². The van der Waals surface area contributed by atoms with Gasteiger partial charge in [-0.2, -0.15) is 11.8 Å². The first-order valence-corrected chi connectivity index (χ1v) is 11.8. The maximum Gasteiger partial charge on any atom is 0.240 e. The first kappa shape index (κ1) is 21.6. The molecule has 2 aromatic rings. The van der Waals surface area contributed by atoms with E-state index in [4.69, 9.17) is 14.7 Å². The molecule has 9 heteroatoms. The normalized spacial score (nSPS) is 17.2. The minimum Gasteiger partial charge on any atom is -0.378 e. The Kier molecular flexibility index (Phi) is 6.43. The average molecular weight is 442 g/mol. The number of rotatable bonds is 7. The summed E-state index contributed by atoms with van der Waals surface area (Å²) in [7, 11) is 1.56. The largest absolute Gasteiger partial charge is 0.378 e. The molecule has 1 aliphatic heterocycles. The van der Waals surface area contributed by atoms with Crippen molar-refractivity contribution in [2.24, 2.45) is 5.41 Å². The highest BCUT2D eigenvalue weighted by Crippen LogP contribution is 2.46. The number of nitrogens with one attached hydrogen (secondary N) is 2. The Morgan fingerprint density at radius 1 is 1.13 bits per heavy atom. The summed E-state index contributed by atoms with van der Waals surface area (Å²) in [6.07, 6.45) is 3.22. The van der Waals surface area contributed by atoms with Gasteiger partial charge in [0.2, 0.25) is 11.8 Å². The van der Waals surface area contributed by atoms with Crippen molar-refractivity contribution >= 4 is 35.1 Å². The lowest BCUT2D eigenvalue weighted by Crippen LogP contribution is -2.38. The zero-order valence-electron chi connectivity index (χ0n) is 17.8. The summed E-state index contributed by atoms with van der Waals surface area (Å²) in [5.41, 5.74) is 1.59. The number of hydrogen-bond donors (Lipinski definition) is 2. The van der Waals surface area contributed by atoms with E-state index in [9.17, 15) is 9.59 Å². The fourth-order valence-corrected chi connectivity index (χ4v) is 4.11. The van der Waals surface area contributed by atoms with Gasteiger partial charge >= 0.3 is 0 Å². The molecule has 8 nitrogen and oxygen atoms in total. The summed E-state index contributed by atoms with van der Waals surface area (Å²) in [6, 6.07) is 9.50. The second kappa shape index (κ2) is 9.23. The first-order chi connectivity index (χ1) is 15.1. The second-order valence-electron chi connectivity index (χ2n) is 7.77. The first-order valence-electron chi connectivity index (χ1n) is 10.4. The van der Waals surface area contributed by atoms with E-state index in [1.54, 1.807) is 18.8 Å². The zero-order valence-corrected chi connectivity index (χ0v) is 18.6. The van der Waals surface area contributed by atoms with Gasteiger partial charge in [-0.25, -0.2) is 9.97 Å². The van der Waals surface area contributed by atoms with Gasteiger partial charge in [0.05, 0.1) is 18.9 Å². The molecule has 2 amide bonds. The van der Waals surface area contributed by atoms with Crippen LogP contribution in [0.4, 0.5) is 11.5 Å². The average Bonchev–Trinajstić information content (AvgIpc) is 3.62. The number of aromatic nitrogens is 2. The molecule has 0 atom stereocenters. The van der Waals surface area contributed by atoms with Crippen LogP contribution in [0.3, 0.4) is 0 Å². The third-order valence-electron chi connectivity index (χ3n) is 5.64. The Balaban J connectivity index is 1.53. The van der Waals surface area contributed by atoms with E-state index >= 15 is 0 Å². The molecule has 0 unspecified atom stereocenters. The van der Waals surface area contributed by atoms with Gasteiger partial charge in [-0.15, -0.1) is 0 Å². The number of carbonyl (C=O) groups is 2. The van der Waals surface area contributed by atoms with Crippen LogP contribution in [0.1, 0.15) is 18.5 Å². The van der Waals surface area contributed by atoms with E-state index in [1.165, 1.54) is 0 Å². The Morgan fingerprint density at radius 2 is 1.84 bits per heavy atom. The molecule has 1 saturated carbocycles. The molecule has 0 spiro atoms. The summed E-state index contributed by atoms with van der Waals surface area (Å²) in [4.78, 5) is 36.3. The van der Waals surface area contributed by atoms with Crippen molar-refractivity contribution in [1.29, 1.82) is 0 Å². The molecular weight excluding hydrogens is 414 g/mol. The standard InChI is InChI=1S/C22H27N5O3S/c1-23-20(28)22(7-8-22)21(29)25-16-5-3-15(4-6-16)19-24-17(14-31-2)13-18(26-19)27-9-11-30-12-10-27/h3-6,13H,7-12,14H2,1-2H3,(H,23,28)(H,25,29). The van der Waals surface area contributed by atoms with Gasteiger partial charge in [-0.3, -0.25) is 9.59 Å². The van der Waals surface area contributed by atoms with Crippen LogP contribution in [-0.2, 0) is 20.1 Å². The number of ether oxygens (including phenoxy) is 1. The molecule has 2 fully saturated rings. The zero-order chi connectivity index (χ0) is 21.8. The minimum absolute atomic E-state index is 0.226. The van der Waals surface area contributed by atoms with E-state index in [0.29, 0.717) is 37.6 Å². The van der Waals surface area contributed by atoms with Crippen LogP contribution >= 0.6 is 11.8 Å². The maximum absolute atomic E-state index is 12.6. The van der Waals surface area contributed by atoms with Gasteiger partial charge in [-0.05, 0) is 43.4 Å². The van der Waals surface area contributed by atoms with Crippen molar-refractivity contribution in [3.8, 4) is 11.4 Å². The van der Waals surface area contributed by atoms with Crippen molar-refractivity contribution in [3.63, 3.8) is 0 Å². The number of morpholine rings is 1. The maximum atomic E-state index is 12.6. The molecule has 1 saturated heterocycles. The lowest BCUT2D eigenvalue weighted by atomic mass is 10.1. The Labute approximate surface area is 186 Å². The highest BCUT2D eigenvalue weighted by Gasteiger charge is 2.56. The lowest BCUT2D eigenvalue weighted by Gasteiger charge is -2.28. The van der Waals surface area contributed by atoms with E-state index < -0.39 is 5.41 Å². The molecule has 0 radical (unpaired) electrons.